The lowest BCUT2D eigenvalue weighted by Gasteiger charge is -2.39. The van der Waals surface area contributed by atoms with Crippen LogP contribution in [-0.2, 0) is 0 Å². The van der Waals surface area contributed by atoms with Gasteiger partial charge in [0.2, 0.25) is 0 Å². The number of carbonyl (C=O) groups is 1. The van der Waals surface area contributed by atoms with Crippen molar-refractivity contribution in [1.82, 2.24) is 4.90 Å². The predicted molar refractivity (Wildman–Crippen MR) is 88.0 cm³/mol. The summed E-state index contributed by atoms with van der Waals surface area (Å²) in [4.78, 5) is 13.2. The Morgan fingerprint density at radius 3 is 2.27 bits per heavy atom. The van der Waals surface area contributed by atoms with E-state index in [2.05, 4.69) is 4.90 Å². The minimum absolute atomic E-state index is 0.526. The molecule has 0 atom stereocenters. The molecule has 0 radical (unpaired) electrons. The van der Waals surface area contributed by atoms with Crippen LogP contribution in [0.2, 0.25) is 0 Å². The molecule has 1 aliphatic heterocycles. The van der Waals surface area contributed by atoms with Crippen LogP contribution in [-0.4, -0.2) is 44.5 Å². The summed E-state index contributed by atoms with van der Waals surface area (Å²) in [7, 11) is 3.08. The third-order valence-corrected chi connectivity index (χ3v) is 4.55. The second kappa shape index (κ2) is 8.79. The van der Waals surface area contributed by atoms with Crippen molar-refractivity contribution >= 4 is 6.29 Å². The number of carbonyl (C=O) groups excluding carboxylic acids is 1. The highest BCUT2D eigenvalue weighted by Crippen LogP contribution is 2.27. The smallest absolute Gasteiger partial charge is 0.153 e. The Kier molecular flexibility index (Phi) is 6.72. The molecule has 0 N–H and O–H groups in total. The SMILES string of the molecule is C1CCN(C2CCC2)CC1.COc1ccc(C=O)c(OC)c1. The Labute approximate surface area is 133 Å². The maximum atomic E-state index is 10.5. The van der Waals surface area contributed by atoms with Crippen molar-refractivity contribution in [1.29, 1.82) is 0 Å². The first-order valence-electron chi connectivity index (χ1n) is 8.19. The molecule has 4 heteroatoms. The molecule has 1 aromatic rings. The topological polar surface area (TPSA) is 38.8 Å². The summed E-state index contributed by atoms with van der Waals surface area (Å²) in [6.07, 6.45) is 9.59. The molecule has 1 aliphatic carbocycles. The first kappa shape index (κ1) is 16.8. The van der Waals surface area contributed by atoms with E-state index >= 15 is 0 Å². The normalized spacial score (nSPS) is 18.6. The molecule has 0 aromatic heterocycles. The lowest BCUT2D eigenvalue weighted by atomic mass is 9.90. The van der Waals surface area contributed by atoms with Crippen molar-refractivity contribution in [3.63, 3.8) is 0 Å². The minimum atomic E-state index is 0.526. The molecule has 22 heavy (non-hydrogen) atoms. The highest BCUT2D eigenvalue weighted by Gasteiger charge is 2.25. The average Bonchev–Trinajstić information content (AvgIpc) is 2.54. The number of likely N-dealkylation sites (tertiary alicyclic amines) is 1. The molecule has 4 nitrogen and oxygen atoms in total. The summed E-state index contributed by atoms with van der Waals surface area (Å²) >= 11 is 0. The van der Waals surface area contributed by atoms with E-state index in [9.17, 15) is 4.79 Å². The molecule has 0 bridgehead atoms. The van der Waals surface area contributed by atoms with Crippen LogP contribution in [0, 0.1) is 0 Å². The van der Waals surface area contributed by atoms with Gasteiger partial charge in [0.15, 0.2) is 6.29 Å². The fourth-order valence-electron chi connectivity index (χ4n) is 2.95. The number of aldehydes is 1. The number of nitrogens with zero attached hydrogens (tertiary/aromatic N) is 1. The van der Waals surface area contributed by atoms with E-state index in [0.29, 0.717) is 17.1 Å². The Hall–Kier alpha value is -1.55. The second-order valence-corrected chi connectivity index (χ2v) is 5.91. The van der Waals surface area contributed by atoms with Gasteiger partial charge in [-0.3, -0.25) is 4.79 Å². The standard InChI is InChI=1S/C9H17N.C9H10O3/c1-2-7-10(8-3-1)9-5-4-6-9;1-11-8-4-3-7(6-10)9(5-8)12-2/h9H,1-8H2;3-6H,1-2H3. The van der Waals surface area contributed by atoms with Gasteiger partial charge in [0.05, 0.1) is 19.8 Å². The van der Waals surface area contributed by atoms with Gasteiger partial charge in [-0.15, -0.1) is 0 Å². The Bertz CT molecular complexity index is 465. The monoisotopic (exact) mass is 305 g/mol. The summed E-state index contributed by atoms with van der Waals surface area (Å²) in [6, 6.07) is 6.04. The molecule has 1 heterocycles. The number of ether oxygens (including phenoxy) is 2. The van der Waals surface area contributed by atoms with Gasteiger partial charge in [-0.1, -0.05) is 12.8 Å². The van der Waals surface area contributed by atoms with E-state index in [1.807, 2.05) is 0 Å². The van der Waals surface area contributed by atoms with Crippen molar-refractivity contribution < 1.29 is 14.3 Å². The van der Waals surface area contributed by atoms with Crippen molar-refractivity contribution in [2.45, 2.75) is 44.6 Å². The number of piperidine rings is 1. The van der Waals surface area contributed by atoms with E-state index in [1.165, 1.54) is 58.7 Å². The molecule has 1 saturated carbocycles. The number of benzene rings is 1. The highest BCUT2D eigenvalue weighted by molar-refractivity contribution is 5.79. The second-order valence-electron chi connectivity index (χ2n) is 5.91. The lowest BCUT2D eigenvalue weighted by Crippen LogP contribution is -2.42. The van der Waals surface area contributed by atoms with Gasteiger partial charge in [0, 0.05) is 12.1 Å². The van der Waals surface area contributed by atoms with Crippen LogP contribution in [0.25, 0.3) is 0 Å². The third-order valence-electron chi connectivity index (χ3n) is 4.55. The third kappa shape index (κ3) is 4.47. The number of rotatable bonds is 4. The molecule has 122 valence electrons. The van der Waals surface area contributed by atoms with Crippen LogP contribution in [0.1, 0.15) is 48.9 Å². The average molecular weight is 305 g/mol. The molecule has 2 fully saturated rings. The van der Waals surface area contributed by atoms with Gasteiger partial charge in [0.25, 0.3) is 0 Å². The van der Waals surface area contributed by atoms with E-state index in [1.54, 1.807) is 25.3 Å². The summed E-state index contributed by atoms with van der Waals surface area (Å²) in [5.41, 5.74) is 0.526. The zero-order valence-corrected chi connectivity index (χ0v) is 13.7. The van der Waals surface area contributed by atoms with Gasteiger partial charge in [-0.25, -0.2) is 0 Å². The van der Waals surface area contributed by atoms with E-state index in [0.717, 1.165) is 12.3 Å². The molecule has 0 unspecified atom stereocenters. The van der Waals surface area contributed by atoms with Gasteiger partial charge >= 0.3 is 0 Å². The maximum absolute atomic E-state index is 10.5. The largest absolute Gasteiger partial charge is 0.497 e. The Morgan fingerprint density at radius 1 is 1.05 bits per heavy atom. The maximum Gasteiger partial charge on any atom is 0.153 e. The predicted octanol–water partition coefficient (Wildman–Crippen LogP) is 3.54. The first-order valence-corrected chi connectivity index (χ1v) is 8.19. The van der Waals surface area contributed by atoms with Crippen LogP contribution >= 0.6 is 0 Å². The number of hydrogen-bond acceptors (Lipinski definition) is 4. The van der Waals surface area contributed by atoms with Crippen LogP contribution in [0.5, 0.6) is 11.5 Å². The molecule has 2 aliphatic rings. The number of methoxy groups -OCH3 is 2. The van der Waals surface area contributed by atoms with Gasteiger partial charge in [0.1, 0.15) is 11.5 Å². The molecule has 0 spiro atoms. The molecule has 1 aromatic carbocycles. The van der Waals surface area contributed by atoms with E-state index in [4.69, 9.17) is 9.47 Å². The quantitative estimate of drug-likeness (QED) is 0.798. The molecule has 1 saturated heterocycles. The first-order chi connectivity index (χ1) is 10.8. The van der Waals surface area contributed by atoms with Crippen LogP contribution in [0.4, 0.5) is 0 Å². The summed E-state index contributed by atoms with van der Waals surface area (Å²) in [5, 5.41) is 0. The zero-order chi connectivity index (χ0) is 15.8. The van der Waals surface area contributed by atoms with Gasteiger partial charge < -0.3 is 14.4 Å². The van der Waals surface area contributed by atoms with Crippen molar-refractivity contribution in [2.75, 3.05) is 27.3 Å². The van der Waals surface area contributed by atoms with Crippen LogP contribution in [0.15, 0.2) is 18.2 Å². The van der Waals surface area contributed by atoms with Gasteiger partial charge in [-0.05, 0) is 50.9 Å². The van der Waals surface area contributed by atoms with Crippen LogP contribution < -0.4 is 9.47 Å². The fraction of sp³-hybridized carbons (Fsp3) is 0.611. The number of hydrogen-bond donors (Lipinski definition) is 0. The van der Waals surface area contributed by atoms with Crippen molar-refractivity contribution in [2.24, 2.45) is 0 Å². The highest BCUT2D eigenvalue weighted by atomic mass is 16.5. The molecular formula is C18H27NO3. The summed E-state index contributed by atoms with van der Waals surface area (Å²) in [6.45, 7) is 2.79. The molecular weight excluding hydrogens is 278 g/mol. The van der Waals surface area contributed by atoms with E-state index < -0.39 is 0 Å². The van der Waals surface area contributed by atoms with Crippen molar-refractivity contribution in [3.8, 4) is 11.5 Å². The molecule has 3 rings (SSSR count). The lowest BCUT2D eigenvalue weighted by molar-refractivity contribution is 0.105. The fourth-order valence-corrected chi connectivity index (χ4v) is 2.95. The van der Waals surface area contributed by atoms with E-state index in [-0.39, 0.29) is 0 Å². The Morgan fingerprint density at radius 2 is 1.77 bits per heavy atom. The molecule has 0 amide bonds. The zero-order valence-electron chi connectivity index (χ0n) is 13.7. The van der Waals surface area contributed by atoms with Crippen LogP contribution in [0.3, 0.4) is 0 Å². The van der Waals surface area contributed by atoms with Crippen molar-refractivity contribution in [3.05, 3.63) is 23.8 Å². The minimum Gasteiger partial charge on any atom is -0.497 e. The Balaban J connectivity index is 0.000000162. The summed E-state index contributed by atoms with van der Waals surface area (Å²) in [5.74, 6) is 1.21. The summed E-state index contributed by atoms with van der Waals surface area (Å²) < 4.78 is 9.93. The van der Waals surface area contributed by atoms with Gasteiger partial charge in [-0.2, -0.15) is 0 Å².